The molecule has 35 heavy (non-hydrogen) atoms. The van der Waals surface area contributed by atoms with Gasteiger partial charge in [0, 0.05) is 43.4 Å². The minimum absolute atomic E-state index is 0. The summed E-state index contributed by atoms with van der Waals surface area (Å²) in [6.45, 7) is 0. The Labute approximate surface area is 213 Å². The third kappa shape index (κ3) is 6.29. The molecule has 0 amide bonds. The second-order valence-corrected chi connectivity index (χ2v) is 6.97. The predicted molar refractivity (Wildman–Crippen MR) is 122 cm³/mol. The fourth-order valence-corrected chi connectivity index (χ4v) is 3.10. The number of aromatic carboxylic acids is 1. The Morgan fingerprint density at radius 2 is 1.46 bits per heavy atom. The van der Waals surface area contributed by atoms with Crippen LogP contribution in [0.5, 0.6) is 0 Å². The van der Waals surface area contributed by atoms with Crippen molar-refractivity contribution in [3.63, 3.8) is 0 Å². The van der Waals surface area contributed by atoms with E-state index in [1.807, 2.05) is 34.9 Å². The van der Waals surface area contributed by atoms with E-state index in [4.69, 9.17) is 5.11 Å². The summed E-state index contributed by atoms with van der Waals surface area (Å²) in [6.07, 6.45) is 1.45. The second kappa shape index (κ2) is 11.9. The zero-order chi connectivity index (χ0) is 23.9. The third-order valence-electron chi connectivity index (χ3n) is 4.68. The van der Waals surface area contributed by atoms with Crippen LogP contribution in [0.25, 0.3) is 28.5 Å². The molecule has 0 saturated carbocycles. The molecule has 0 aliphatic heterocycles. The molecule has 177 valence electrons. The Morgan fingerprint density at radius 3 is 2.03 bits per heavy atom. The van der Waals surface area contributed by atoms with Gasteiger partial charge in [-0.2, -0.15) is 5.10 Å². The Hall–Kier alpha value is -4.07. The van der Waals surface area contributed by atoms with Gasteiger partial charge < -0.3 is 9.67 Å². The molecule has 0 saturated heterocycles. The topological polar surface area (TPSA) is 80.9 Å². The summed E-state index contributed by atoms with van der Waals surface area (Å²) in [5, 5.41) is 16.8. The van der Waals surface area contributed by atoms with Gasteiger partial charge in [-0.3, -0.25) is 4.39 Å². The maximum Gasteiger partial charge on any atom is 0.354 e. The molecule has 5 rings (SSSR count). The normalized spacial score (nSPS) is 10.0. The fourth-order valence-electron chi connectivity index (χ4n) is 3.10. The number of pyridine rings is 1. The van der Waals surface area contributed by atoms with Crippen molar-refractivity contribution >= 4 is 5.97 Å². The number of carboxylic acid groups (broad SMARTS) is 1. The summed E-state index contributed by atoms with van der Waals surface area (Å²) >= 11 is 0. The van der Waals surface area contributed by atoms with Crippen LogP contribution in [0, 0.1) is 17.7 Å². The van der Waals surface area contributed by atoms with Gasteiger partial charge in [-0.1, -0.05) is 24.3 Å². The first-order chi connectivity index (χ1) is 16.5. The van der Waals surface area contributed by atoms with Crippen LogP contribution in [0.4, 0.5) is 8.78 Å². The quantitative estimate of drug-likeness (QED) is 0.262. The van der Waals surface area contributed by atoms with E-state index in [9.17, 15) is 13.6 Å². The maximum absolute atomic E-state index is 13.3. The smallest absolute Gasteiger partial charge is 0.354 e. The number of carbonyl (C=O) groups is 1. The molecule has 1 N–H and O–H groups in total. The van der Waals surface area contributed by atoms with Crippen LogP contribution >= 0.6 is 0 Å². The molecule has 1 radical (unpaired) electrons. The van der Waals surface area contributed by atoms with E-state index in [1.165, 1.54) is 36.5 Å². The molecule has 2 heterocycles. The summed E-state index contributed by atoms with van der Waals surface area (Å²) in [5.74, 6) is -0.574. The van der Waals surface area contributed by atoms with Gasteiger partial charge in [0.05, 0.1) is 5.82 Å². The van der Waals surface area contributed by atoms with Gasteiger partial charge in [-0.05, 0) is 48.5 Å². The van der Waals surface area contributed by atoms with Crippen LogP contribution < -0.4 is 0 Å². The molecule has 3 aromatic carbocycles. The first-order valence-electron chi connectivity index (χ1n) is 10.1. The van der Waals surface area contributed by atoms with E-state index in [0.29, 0.717) is 17.2 Å². The zero-order valence-corrected chi connectivity index (χ0v) is 20.4. The van der Waals surface area contributed by atoms with E-state index in [2.05, 4.69) is 21.2 Å². The van der Waals surface area contributed by atoms with Crippen LogP contribution in [-0.4, -0.2) is 30.8 Å². The number of halogens is 2. The fraction of sp³-hybridized carbons (Fsp3) is 0. The molecule has 0 fully saturated rings. The van der Waals surface area contributed by atoms with Gasteiger partial charge in [-0.25, -0.2) is 14.2 Å². The van der Waals surface area contributed by atoms with Crippen LogP contribution in [0.3, 0.4) is 0 Å². The van der Waals surface area contributed by atoms with E-state index in [1.54, 1.807) is 30.3 Å². The van der Waals surface area contributed by atoms with Crippen LogP contribution in [0.15, 0.2) is 97.2 Å². The second-order valence-electron chi connectivity index (χ2n) is 6.97. The molecule has 6 nitrogen and oxygen atoms in total. The standard InChI is InChI=1S/C20H12F2N3.C6H5NO2.Ir/c21-16-10-6-14(7-11-16)19-23-24-20(15-8-12-17(22)13-9-15)25(19)18-4-2-1-3-5-18;8-6(9)5-3-1-2-4-7-5;/h1-8,10-13H;1-4H,(H,8,9);/q-1;;. The summed E-state index contributed by atoms with van der Waals surface area (Å²) < 4.78 is 28.3. The van der Waals surface area contributed by atoms with Crippen LogP contribution in [0.2, 0.25) is 0 Å². The molecule has 0 bridgehead atoms. The molecular formula is C26H17F2IrN4O2-. The van der Waals surface area contributed by atoms with Crippen LogP contribution in [0.1, 0.15) is 10.5 Å². The molecule has 2 aromatic heterocycles. The Balaban J connectivity index is 0.000000291. The van der Waals surface area contributed by atoms with E-state index >= 15 is 0 Å². The minimum atomic E-state index is -0.990. The molecule has 0 aliphatic rings. The number of rotatable bonds is 4. The van der Waals surface area contributed by atoms with Crippen molar-refractivity contribution in [2.24, 2.45) is 0 Å². The molecule has 9 heteroatoms. The molecule has 0 aliphatic carbocycles. The third-order valence-corrected chi connectivity index (χ3v) is 4.68. The van der Waals surface area contributed by atoms with Gasteiger partial charge >= 0.3 is 5.97 Å². The predicted octanol–water partition coefficient (Wildman–Crippen LogP) is 5.46. The van der Waals surface area contributed by atoms with Crippen molar-refractivity contribution in [1.29, 1.82) is 0 Å². The first kappa shape index (κ1) is 25.6. The van der Waals surface area contributed by atoms with Crippen molar-refractivity contribution in [2.45, 2.75) is 0 Å². The number of nitrogens with zero attached hydrogens (tertiary/aromatic N) is 4. The van der Waals surface area contributed by atoms with Crippen molar-refractivity contribution in [2.75, 3.05) is 0 Å². The first-order valence-corrected chi connectivity index (χ1v) is 10.1. The zero-order valence-electron chi connectivity index (χ0n) is 18.0. The Morgan fingerprint density at radius 1 is 0.800 bits per heavy atom. The van der Waals surface area contributed by atoms with E-state index < -0.39 is 5.97 Å². The summed E-state index contributed by atoms with van der Waals surface area (Å²) in [7, 11) is 0. The summed E-state index contributed by atoms with van der Waals surface area (Å²) in [5.41, 5.74) is 2.27. The number of hydrogen-bond acceptors (Lipinski definition) is 4. The average Bonchev–Trinajstić information content (AvgIpc) is 3.31. The SMILES string of the molecule is Fc1c[c-]c(-c2nnc(-c3ccc(F)cc3)n2-c2ccccc2)cc1.O=C(O)c1ccccn1.[Ir]. The average molecular weight is 648 g/mol. The number of para-hydroxylation sites is 1. The van der Waals surface area contributed by atoms with Crippen molar-refractivity contribution in [3.8, 4) is 28.5 Å². The monoisotopic (exact) mass is 648 g/mol. The summed E-state index contributed by atoms with van der Waals surface area (Å²) in [6, 6.07) is 27.5. The number of aromatic nitrogens is 4. The van der Waals surface area contributed by atoms with Gasteiger partial charge in [0.2, 0.25) is 0 Å². The van der Waals surface area contributed by atoms with E-state index in [0.717, 1.165) is 11.3 Å². The number of carboxylic acids is 1. The number of benzene rings is 3. The van der Waals surface area contributed by atoms with Gasteiger partial charge in [0.25, 0.3) is 0 Å². The number of hydrogen-bond donors (Lipinski definition) is 1. The van der Waals surface area contributed by atoms with Gasteiger partial charge in [-0.15, -0.1) is 34.9 Å². The van der Waals surface area contributed by atoms with E-state index in [-0.39, 0.29) is 37.4 Å². The van der Waals surface area contributed by atoms with Crippen LogP contribution in [-0.2, 0) is 20.1 Å². The van der Waals surface area contributed by atoms with Crippen molar-refractivity contribution in [1.82, 2.24) is 19.7 Å². The summed E-state index contributed by atoms with van der Waals surface area (Å²) in [4.78, 5) is 13.7. The Kier molecular flexibility index (Phi) is 8.67. The van der Waals surface area contributed by atoms with Crippen molar-refractivity contribution < 1.29 is 38.8 Å². The van der Waals surface area contributed by atoms with Crippen molar-refractivity contribution in [3.05, 3.63) is 121 Å². The molecular weight excluding hydrogens is 631 g/mol. The minimum Gasteiger partial charge on any atom is -0.477 e. The van der Waals surface area contributed by atoms with Gasteiger partial charge in [0.15, 0.2) is 5.82 Å². The Bertz CT molecular complexity index is 1320. The molecule has 0 atom stereocenters. The molecule has 5 aromatic rings. The van der Waals surface area contributed by atoms with Gasteiger partial charge in [0.1, 0.15) is 11.5 Å². The molecule has 0 spiro atoms. The molecule has 0 unspecified atom stereocenters. The largest absolute Gasteiger partial charge is 0.477 e. The maximum atomic E-state index is 13.3.